The quantitative estimate of drug-likeness (QED) is 0.0509. The van der Waals surface area contributed by atoms with Crippen LogP contribution in [0.25, 0.3) is 0 Å². The molecule has 2 atom stereocenters. The van der Waals surface area contributed by atoms with Gasteiger partial charge in [0.05, 0.1) is 13.2 Å². The van der Waals surface area contributed by atoms with Crippen molar-refractivity contribution in [1.82, 2.24) is 0 Å². The summed E-state index contributed by atoms with van der Waals surface area (Å²) < 4.78 is 21.5. The van der Waals surface area contributed by atoms with Crippen molar-refractivity contribution in [2.75, 3.05) is 13.2 Å². The zero-order chi connectivity index (χ0) is 41.2. The highest BCUT2D eigenvalue weighted by Gasteiger charge is 2.40. The third kappa shape index (κ3) is 11.0. The largest absolute Gasteiger partial charge is 0.468 e. The van der Waals surface area contributed by atoms with Crippen molar-refractivity contribution in [3.8, 4) is 11.5 Å². The molecule has 0 aliphatic carbocycles. The van der Waals surface area contributed by atoms with Crippen LogP contribution in [0.1, 0.15) is 143 Å². The predicted molar refractivity (Wildman–Crippen MR) is 222 cm³/mol. The van der Waals surface area contributed by atoms with Crippen LogP contribution in [0.15, 0.2) is 84.9 Å². The third-order valence-corrected chi connectivity index (χ3v) is 10.4. The zero-order valence-electron chi connectivity index (χ0n) is 34.7. The second kappa shape index (κ2) is 19.3. The Bertz CT molecular complexity index is 2000. The van der Waals surface area contributed by atoms with Gasteiger partial charge in [-0.1, -0.05) is 140 Å². The van der Waals surface area contributed by atoms with E-state index >= 15 is 0 Å². The number of aryl methyl sites for hydroxylation is 2. The van der Waals surface area contributed by atoms with E-state index in [2.05, 4.69) is 65.3 Å². The van der Waals surface area contributed by atoms with Crippen LogP contribution in [0, 0.1) is 0 Å². The van der Waals surface area contributed by atoms with Gasteiger partial charge in [-0.2, -0.15) is 0 Å². The van der Waals surface area contributed by atoms with Gasteiger partial charge in [0.1, 0.15) is 23.3 Å². The predicted octanol–water partition coefficient (Wildman–Crippen LogP) is 10.2. The third-order valence-electron chi connectivity index (χ3n) is 10.4. The molecule has 2 heterocycles. The van der Waals surface area contributed by atoms with Crippen LogP contribution in [0.3, 0.4) is 0 Å². The average molecular weight is 775 g/mol. The van der Waals surface area contributed by atoms with Gasteiger partial charge >= 0.3 is 17.9 Å². The molecule has 4 aromatic rings. The molecule has 0 aromatic heterocycles. The molecular weight excluding hydrogens is 717 g/mol. The minimum Gasteiger partial charge on any atom is -0.468 e. The molecule has 0 amide bonds. The van der Waals surface area contributed by atoms with E-state index in [4.69, 9.17) is 14.2 Å². The number of ether oxygens (including phenoxy) is 4. The molecule has 0 saturated heterocycles. The molecule has 302 valence electrons. The van der Waals surface area contributed by atoms with Crippen molar-refractivity contribution in [2.24, 2.45) is 0 Å². The lowest BCUT2D eigenvalue weighted by Gasteiger charge is -2.23. The molecule has 0 N–H and O–H groups in total. The van der Waals surface area contributed by atoms with Gasteiger partial charge in [-0.25, -0.2) is 0 Å². The molecule has 2 aliphatic rings. The molecule has 57 heavy (non-hydrogen) atoms. The summed E-state index contributed by atoms with van der Waals surface area (Å²) in [5.41, 5.74) is 7.91. The van der Waals surface area contributed by atoms with Gasteiger partial charge in [-0.15, -0.1) is 0 Å². The van der Waals surface area contributed by atoms with Crippen LogP contribution in [-0.4, -0.2) is 37.6 Å². The molecule has 0 bridgehead atoms. The Labute approximate surface area is 338 Å². The van der Waals surface area contributed by atoms with Crippen molar-refractivity contribution in [3.05, 3.63) is 129 Å². The topological polar surface area (TPSA) is 105 Å². The molecule has 4 aromatic carbocycles. The summed E-state index contributed by atoms with van der Waals surface area (Å²) in [5, 5.41) is 0. The Morgan fingerprint density at radius 1 is 0.649 bits per heavy atom. The van der Waals surface area contributed by atoms with E-state index in [0.717, 1.165) is 83.2 Å². The minimum atomic E-state index is -0.457. The van der Waals surface area contributed by atoms with E-state index < -0.39 is 5.92 Å². The molecule has 2 unspecified atom stereocenters. The summed E-state index contributed by atoms with van der Waals surface area (Å²) >= 11 is 0. The standard InChI is InChI=1S/C28H34O6.C21H24O2/c1-28(2,3)23-18-20(13-14-24(30)33-16-10-5-4-9-15-32-19-29)17-22-25(27(31)34-26(22)23)21-11-7-6-8-12-21;1-5-9-14-12-16-18(15-10-7-6-8-11-15)20(22)23-19(16)17(13-14)21(2,3)4/h6-8,11-12,17-19,25H,4-5,9-10,13-16H2,1-3H3;6-8,10-13,18H,5,9H2,1-4H3. The number of hydrogen-bond donors (Lipinski definition) is 0. The van der Waals surface area contributed by atoms with Gasteiger partial charge in [0.2, 0.25) is 0 Å². The fourth-order valence-corrected chi connectivity index (χ4v) is 7.46. The molecule has 0 spiro atoms. The molecule has 0 saturated carbocycles. The van der Waals surface area contributed by atoms with Crippen molar-refractivity contribution in [2.45, 2.75) is 122 Å². The van der Waals surface area contributed by atoms with Gasteiger partial charge in [0.25, 0.3) is 6.47 Å². The number of benzene rings is 4. The Kier molecular flexibility index (Phi) is 14.5. The first kappa shape index (κ1) is 42.9. The molecule has 0 fully saturated rings. The van der Waals surface area contributed by atoms with Crippen molar-refractivity contribution in [1.29, 1.82) is 0 Å². The number of fused-ring (bicyclic) bond motifs is 2. The molecular formula is C49H58O8. The van der Waals surface area contributed by atoms with Gasteiger partial charge < -0.3 is 18.9 Å². The monoisotopic (exact) mass is 774 g/mol. The van der Waals surface area contributed by atoms with E-state index in [9.17, 15) is 19.2 Å². The van der Waals surface area contributed by atoms with Crippen molar-refractivity contribution < 1.29 is 38.1 Å². The lowest BCUT2D eigenvalue weighted by Crippen LogP contribution is -2.14. The maximum absolute atomic E-state index is 12.8. The van der Waals surface area contributed by atoms with Gasteiger partial charge in [-0.3, -0.25) is 19.2 Å². The molecule has 8 nitrogen and oxygen atoms in total. The fraction of sp³-hybridized carbons (Fsp3) is 0.429. The Hall–Kier alpha value is -5.24. The van der Waals surface area contributed by atoms with Crippen LogP contribution < -0.4 is 9.47 Å². The first-order valence-electron chi connectivity index (χ1n) is 20.3. The summed E-state index contributed by atoms with van der Waals surface area (Å²) in [6.45, 7) is 16.2. The van der Waals surface area contributed by atoms with E-state index in [0.29, 0.717) is 31.9 Å². The number of carbonyl (C=O) groups excluding carboxylic acids is 4. The molecule has 2 aliphatic heterocycles. The fourth-order valence-electron chi connectivity index (χ4n) is 7.46. The SMILES string of the molecule is CC(C)(C)c1cc(CCC(=O)OCCCCCCOC=O)cc2c1OC(=O)C2c1ccccc1.CCCc1cc2c(c(C(C)(C)C)c1)OC(=O)C2c1ccccc1. The van der Waals surface area contributed by atoms with Gasteiger partial charge in [0, 0.05) is 28.7 Å². The normalized spacial score (nSPS) is 15.8. The van der Waals surface area contributed by atoms with E-state index in [1.807, 2.05) is 72.8 Å². The number of carbonyl (C=O) groups is 4. The summed E-state index contributed by atoms with van der Waals surface area (Å²) in [6, 6.07) is 28.0. The summed E-state index contributed by atoms with van der Waals surface area (Å²) in [5.74, 6) is 0.0121. The van der Waals surface area contributed by atoms with Crippen LogP contribution in [0.5, 0.6) is 11.5 Å². The second-order valence-corrected chi connectivity index (χ2v) is 17.0. The second-order valence-electron chi connectivity index (χ2n) is 17.0. The summed E-state index contributed by atoms with van der Waals surface area (Å²) in [4.78, 5) is 47.8. The van der Waals surface area contributed by atoms with E-state index in [1.54, 1.807) is 0 Å². The van der Waals surface area contributed by atoms with E-state index in [1.165, 1.54) is 5.56 Å². The summed E-state index contributed by atoms with van der Waals surface area (Å²) in [6.07, 6.45) is 6.38. The van der Waals surface area contributed by atoms with Crippen molar-refractivity contribution >= 4 is 24.4 Å². The van der Waals surface area contributed by atoms with Gasteiger partial charge in [0.15, 0.2) is 0 Å². The maximum atomic E-state index is 12.8. The van der Waals surface area contributed by atoms with Crippen molar-refractivity contribution in [3.63, 3.8) is 0 Å². The Morgan fingerprint density at radius 2 is 1.11 bits per heavy atom. The molecule has 8 heteroatoms. The maximum Gasteiger partial charge on any atom is 0.323 e. The number of hydrogen-bond acceptors (Lipinski definition) is 8. The lowest BCUT2D eigenvalue weighted by molar-refractivity contribution is -0.143. The highest BCUT2D eigenvalue weighted by atomic mass is 16.5. The molecule has 0 radical (unpaired) electrons. The number of rotatable bonds is 15. The number of esters is 3. The number of unbranched alkanes of at least 4 members (excludes halogenated alkanes) is 3. The highest BCUT2D eigenvalue weighted by molar-refractivity contribution is 5.91. The first-order valence-corrected chi connectivity index (χ1v) is 20.3. The zero-order valence-corrected chi connectivity index (χ0v) is 34.7. The summed E-state index contributed by atoms with van der Waals surface area (Å²) in [7, 11) is 0. The Balaban J connectivity index is 0.000000234. The van der Waals surface area contributed by atoms with Crippen LogP contribution >= 0.6 is 0 Å². The minimum absolute atomic E-state index is 0.0559. The van der Waals surface area contributed by atoms with Crippen LogP contribution in [0.4, 0.5) is 0 Å². The lowest BCUT2D eigenvalue weighted by atomic mass is 9.81. The van der Waals surface area contributed by atoms with Gasteiger partial charge in [-0.05, 0) is 71.6 Å². The smallest absolute Gasteiger partial charge is 0.323 e. The first-order chi connectivity index (χ1) is 27.2. The Morgan fingerprint density at radius 3 is 1.54 bits per heavy atom. The molecule has 6 rings (SSSR count). The van der Waals surface area contributed by atoms with Crippen LogP contribution in [-0.2, 0) is 52.3 Å². The average Bonchev–Trinajstić information content (AvgIpc) is 3.69. The van der Waals surface area contributed by atoms with Crippen LogP contribution in [0.2, 0.25) is 0 Å². The highest BCUT2D eigenvalue weighted by Crippen LogP contribution is 2.47. The van der Waals surface area contributed by atoms with E-state index in [-0.39, 0.29) is 41.1 Å².